The quantitative estimate of drug-likeness (QED) is 0.187. The first-order valence-corrected chi connectivity index (χ1v) is 19.7. The third-order valence-corrected chi connectivity index (χ3v) is 13.5. The monoisotopic (exact) mass is 702 g/mol. The summed E-state index contributed by atoms with van der Waals surface area (Å²) in [5.74, 6) is 2.67. The maximum atomic E-state index is 5.74. The van der Waals surface area contributed by atoms with Crippen molar-refractivity contribution in [2.45, 2.75) is 173 Å². The minimum Gasteiger partial charge on any atom is -0.351 e. The van der Waals surface area contributed by atoms with Crippen molar-refractivity contribution in [3.8, 4) is 0 Å². The number of nitrogens with zero attached hydrogens (tertiary/aromatic N) is 6. The molecule has 0 bridgehead atoms. The van der Waals surface area contributed by atoms with Gasteiger partial charge in [0.2, 0.25) is 0 Å². The zero-order chi connectivity index (χ0) is 37.5. The summed E-state index contributed by atoms with van der Waals surface area (Å²) in [6.07, 6.45) is 10.2. The zero-order valence-corrected chi connectivity index (χ0v) is 35.1. The van der Waals surface area contributed by atoms with Gasteiger partial charge >= 0.3 is 0 Å². The van der Waals surface area contributed by atoms with E-state index in [9.17, 15) is 0 Å². The van der Waals surface area contributed by atoms with E-state index in [1.807, 2.05) is 5.23 Å². The Labute approximate surface area is 307 Å². The molecule has 4 rings (SSSR count). The van der Waals surface area contributed by atoms with E-state index in [-0.39, 0.29) is 33.2 Å². The molecule has 4 aliphatic heterocycles. The fourth-order valence-corrected chi connectivity index (χ4v) is 10.1. The normalized spacial score (nSPS) is 28.6. The maximum Gasteiger partial charge on any atom is 0.141 e. The second-order valence-electron chi connectivity index (χ2n) is 19.9. The van der Waals surface area contributed by atoms with E-state index in [1.54, 1.807) is 0 Å². The number of nitrogens with one attached hydrogen (secondary N) is 4. The molecule has 4 heterocycles. The highest BCUT2D eigenvalue weighted by molar-refractivity contribution is 5.93. The predicted octanol–water partition coefficient (Wildman–Crippen LogP) is 4.50. The maximum absolute atomic E-state index is 5.74. The van der Waals surface area contributed by atoms with Gasteiger partial charge in [-0.25, -0.2) is 5.43 Å². The Balaban J connectivity index is 1.65. The van der Waals surface area contributed by atoms with Gasteiger partial charge in [-0.15, -0.1) is 0 Å². The second-order valence-corrected chi connectivity index (χ2v) is 19.9. The molecule has 6 N–H and O–H groups in total. The molecule has 4 aliphatic rings. The van der Waals surface area contributed by atoms with Gasteiger partial charge in [0.05, 0.1) is 6.54 Å². The summed E-state index contributed by atoms with van der Waals surface area (Å²) >= 11 is 0. The van der Waals surface area contributed by atoms with Crippen molar-refractivity contribution in [1.29, 1.82) is 0 Å². The van der Waals surface area contributed by atoms with Crippen molar-refractivity contribution in [2.24, 2.45) is 16.6 Å². The van der Waals surface area contributed by atoms with Crippen LogP contribution in [0.5, 0.6) is 0 Å². The Morgan fingerprint density at radius 3 is 1.56 bits per heavy atom. The molecule has 50 heavy (non-hydrogen) atoms. The van der Waals surface area contributed by atoms with Gasteiger partial charge in [-0.1, -0.05) is 5.23 Å². The van der Waals surface area contributed by atoms with Crippen molar-refractivity contribution < 1.29 is 0 Å². The standard InChI is InChI=1S/C39H79N11/c1-34(2)23-29(24-35(3,4)46(34)13)16-18-43-50-44-32(42-21-20-41-19-17-40)22-33(45-50)49(30-25-36(5,6)47(14)37(7,8)26-30)31-27-38(9,10)48(15)39(11,12)28-31/h22,29-31,41,43,45H,16-21,23-28,40H2,1-15H3,(H,42,44). The lowest BCUT2D eigenvalue weighted by molar-refractivity contribution is -0.0886. The summed E-state index contributed by atoms with van der Waals surface area (Å²) in [4.78, 5) is 15.6. The SMILES string of the molecule is CN1C(C)(C)CC(CCNN2NC(N(C3CC(C)(C)N(C)C(C)(C)C3)C3CC(C)(C)N(C)C(C)(C)C3)=CC(=NCCNCCN)N2)CC1(C)C. The number of nitrogens with two attached hydrogens (primary N) is 1. The molecule has 0 radical (unpaired) electrons. The van der Waals surface area contributed by atoms with Gasteiger partial charge < -0.3 is 16.0 Å². The molecule has 0 atom stereocenters. The van der Waals surface area contributed by atoms with Gasteiger partial charge in [-0.2, -0.15) is 0 Å². The van der Waals surface area contributed by atoms with Gasteiger partial charge in [0.15, 0.2) is 0 Å². The molecule has 11 nitrogen and oxygen atoms in total. The van der Waals surface area contributed by atoms with Crippen LogP contribution in [0.1, 0.15) is 128 Å². The average Bonchev–Trinajstić information content (AvgIpc) is 2.96. The van der Waals surface area contributed by atoms with Crippen molar-refractivity contribution in [2.75, 3.05) is 53.9 Å². The van der Waals surface area contributed by atoms with E-state index in [2.05, 4.69) is 151 Å². The van der Waals surface area contributed by atoms with Crippen LogP contribution in [0.2, 0.25) is 0 Å². The third kappa shape index (κ3) is 9.36. The molecule has 0 amide bonds. The Kier molecular flexibility index (Phi) is 12.5. The third-order valence-electron chi connectivity index (χ3n) is 13.5. The minimum absolute atomic E-state index is 0.0633. The van der Waals surface area contributed by atoms with Crippen LogP contribution in [0, 0.1) is 5.92 Å². The van der Waals surface area contributed by atoms with Crippen molar-refractivity contribution in [1.82, 2.24) is 46.4 Å². The second kappa shape index (κ2) is 15.1. The molecule has 0 aliphatic carbocycles. The lowest BCUT2D eigenvalue weighted by Gasteiger charge is -2.61. The van der Waals surface area contributed by atoms with Crippen LogP contribution in [0.15, 0.2) is 16.9 Å². The molecular formula is C39H79N11. The van der Waals surface area contributed by atoms with Gasteiger partial charge in [-0.3, -0.25) is 30.5 Å². The van der Waals surface area contributed by atoms with Gasteiger partial charge in [0, 0.05) is 77.6 Å². The van der Waals surface area contributed by atoms with E-state index in [1.165, 1.54) is 12.8 Å². The molecule has 0 aromatic heterocycles. The molecule has 3 saturated heterocycles. The average molecular weight is 702 g/mol. The van der Waals surface area contributed by atoms with E-state index in [0.717, 1.165) is 63.4 Å². The molecule has 290 valence electrons. The summed E-state index contributed by atoms with van der Waals surface area (Å²) < 4.78 is 0. The largest absolute Gasteiger partial charge is 0.351 e. The first-order chi connectivity index (χ1) is 22.9. The van der Waals surface area contributed by atoms with E-state index in [0.29, 0.717) is 31.1 Å². The van der Waals surface area contributed by atoms with Crippen molar-refractivity contribution in [3.05, 3.63) is 11.9 Å². The van der Waals surface area contributed by atoms with Crippen LogP contribution in [-0.4, -0.2) is 130 Å². The van der Waals surface area contributed by atoms with Gasteiger partial charge in [-0.05, 0) is 155 Å². The van der Waals surface area contributed by atoms with Crippen LogP contribution < -0.4 is 27.3 Å². The summed E-state index contributed by atoms with van der Waals surface area (Å²) in [6, 6.07) is 0.733. The van der Waals surface area contributed by atoms with Crippen LogP contribution in [-0.2, 0) is 0 Å². The molecule has 0 spiro atoms. The predicted molar refractivity (Wildman–Crippen MR) is 211 cm³/mol. The topological polar surface area (TPSA) is 103 Å². The summed E-state index contributed by atoms with van der Waals surface area (Å²) in [5.41, 5.74) is 17.5. The highest BCUT2D eigenvalue weighted by atomic mass is 15.9. The number of likely N-dealkylation sites (tertiary alicyclic amines) is 3. The fraction of sp³-hybridized carbons (Fsp3) is 0.923. The molecular weight excluding hydrogens is 623 g/mol. The molecule has 0 saturated carbocycles. The summed E-state index contributed by atoms with van der Waals surface area (Å²) in [5, 5.41) is 5.40. The van der Waals surface area contributed by atoms with Crippen LogP contribution in [0.3, 0.4) is 0 Å². The van der Waals surface area contributed by atoms with E-state index < -0.39 is 0 Å². The highest BCUT2D eigenvalue weighted by Gasteiger charge is 2.51. The van der Waals surface area contributed by atoms with Crippen LogP contribution in [0.25, 0.3) is 0 Å². The van der Waals surface area contributed by atoms with E-state index >= 15 is 0 Å². The lowest BCUT2D eigenvalue weighted by Crippen LogP contribution is -2.69. The van der Waals surface area contributed by atoms with Crippen molar-refractivity contribution in [3.63, 3.8) is 0 Å². The molecule has 11 heteroatoms. The number of amidine groups is 1. The Morgan fingerprint density at radius 2 is 1.12 bits per heavy atom. The molecule has 3 fully saturated rings. The molecule has 0 unspecified atom stereocenters. The minimum atomic E-state index is 0.0633. The van der Waals surface area contributed by atoms with Crippen LogP contribution >= 0.6 is 0 Å². The van der Waals surface area contributed by atoms with Crippen molar-refractivity contribution >= 4 is 5.84 Å². The number of hydrazine groups is 3. The summed E-state index contributed by atoms with van der Waals surface area (Å²) in [7, 11) is 6.92. The number of hydrogen-bond acceptors (Lipinski definition) is 10. The Morgan fingerprint density at radius 1 is 0.680 bits per heavy atom. The number of hydrogen-bond donors (Lipinski definition) is 5. The number of piperidine rings is 3. The number of aliphatic imine (C=N–C) groups is 1. The zero-order valence-electron chi connectivity index (χ0n) is 35.1. The molecule has 0 aromatic carbocycles. The Hall–Kier alpha value is -1.47. The highest BCUT2D eigenvalue weighted by Crippen LogP contribution is 2.45. The number of rotatable bonds is 12. The van der Waals surface area contributed by atoms with Crippen LogP contribution in [0.4, 0.5) is 0 Å². The molecule has 0 aromatic rings. The fourth-order valence-electron chi connectivity index (χ4n) is 10.1. The lowest BCUT2D eigenvalue weighted by atomic mass is 9.73. The summed E-state index contributed by atoms with van der Waals surface area (Å²) in [6.45, 7) is 32.8. The first-order valence-electron chi connectivity index (χ1n) is 19.7. The Bertz CT molecular complexity index is 1110. The van der Waals surface area contributed by atoms with Gasteiger partial charge in [0.1, 0.15) is 11.7 Å². The van der Waals surface area contributed by atoms with Gasteiger partial charge in [0.25, 0.3) is 0 Å². The smallest absolute Gasteiger partial charge is 0.141 e. The van der Waals surface area contributed by atoms with E-state index in [4.69, 9.17) is 10.7 Å². The first kappa shape index (κ1) is 41.3.